The van der Waals surface area contributed by atoms with Crippen LogP contribution in [-0.2, 0) is 9.53 Å². The predicted molar refractivity (Wildman–Crippen MR) is 42.4 cm³/mol. The SMILES string of the molecule is CCOC(=O)[C@@](C)(C#N)[C@@H](O)C(F)(F)F. The van der Waals surface area contributed by atoms with Crippen molar-refractivity contribution in [1.29, 1.82) is 5.26 Å². The van der Waals surface area contributed by atoms with Gasteiger partial charge >= 0.3 is 12.1 Å². The second kappa shape index (κ2) is 4.49. The normalized spacial score (nSPS) is 17.4. The molecule has 15 heavy (non-hydrogen) atoms. The number of ether oxygens (including phenoxy) is 1. The van der Waals surface area contributed by atoms with E-state index >= 15 is 0 Å². The van der Waals surface area contributed by atoms with E-state index in [2.05, 4.69) is 4.74 Å². The summed E-state index contributed by atoms with van der Waals surface area (Å²) in [5, 5.41) is 17.4. The van der Waals surface area contributed by atoms with Crippen LogP contribution >= 0.6 is 0 Å². The minimum atomic E-state index is -5.04. The lowest BCUT2D eigenvalue weighted by Gasteiger charge is -2.26. The van der Waals surface area contributed by atoms with Crippen LogP contribution in [0.3, 0.4) is 0 Å². The fraction of sp³-hybridized carbons (Fsp3) is 0.750. The average Bonchev–Trinajstić information content (AvgIpc) is 2.14. The van der Waals surface area contributed by atoms with Crippen LogP contribution in [0.15, 0.2) is 0 Å². The minimum Gasteiger partial charge on any atom is -0.465 e. The molecule has 0 spiro atoms. The molecular weight excluding hydrogens is 215 g/mol. The topological polar surface area (TPSA) is 70.3 Å². The summed E-state index contributed by atoms with van der Waals surface area (Å²) in [6.45, 7) is 1.90. The van der Waals surface area contributed by atoms with E-state index in [-0.39, 0.29) is 6.61 Å². The largest absolute Gasteiger partial charge is 0.465 e. The summed E-state index contributed by atoms with van der Waals surface area (Å²) in [4.78, 5) is 11.1. The first-order chi connectivity index (χ1) is 6.70. The molecule has 0 unspecified atom stereocenters. The molecule has 1 N–H and O–H groups in total. The van der Waals surface area contributed by atoms with Gasteiger partial charge in [-0.2, -0.15) is 18.4 Å². The molecule has 0 rings (SSSR count). The molecule has 0 saturated heterocycles. The summed E-state index contributed by atoms with van der Waals surface area (Å²) < 4.78 is 40.7. The number of aliphatic hydroxyl groups is 1. The van der Waals surface area contributed by atoms with Gasteiger partial charge in [-0.3, -0.25) is 4.79 Å². The van der Waals surface area contributed by atoms with Crippen LogP contribution in [0.1, 0.15) is 13.8 Å². The molecular formula is C8H10F3NO3. The zero-order chi connectivity index (χ0) is 12.3. The van der Waals surface area contributed by atoms with Gasteiger partial charge in [0.05, 0.1) is 12.7 Å². The van der Waals surface area contributed by atoms with Gasteiger partial charge in [0, 0.05) is 0 Å². The van der Waals surface area contributed by atoms with Gasteiger partial charge < -0.3 is 9.84 Å². The van der Waals surface area contributed by atoms with Crippen LogP contribution in [0.25, 0.3) is 0 Å². The highest BCUT2D eigenvalue weighted by Crippen LogP contribution is 2.34. The highest BCUT2D eigenvalue weighted by atomic mass is 19.4. The van der Waals surface area contributed by atoms with Gasteiger partial charge in [0.2, 0.25) is 0 Å². The maximum atomic E-state index is 12.1. The molecule has 0 saturated carbocycles. The summed E-state index contributed by atoms with van der Waals surface area (Å²) in [6.07, 6.45) is -8.11. The summed E-state index contributed by atoms with van der Waals surface area (Å²) in [6, 6.07) is 1.12. The predicted octanol–water partition coefficient (Wildman–Crippen LogP) is 1.00. The zero-order valence-electron chi connectivity index (χ0n) is 8.13. The first kappa shape index (κ1) is 13.7. The molecule has 0 aromatic carbocycles. The van der Waals surface area contributed by atoms with Crippen LogP contribution in [0, 0.1) is 16.7 Å². The van der Waals surface area contributed by atoms with Gasteiger partial charge in [0.1, 0.15) is 0 Å². The smallest absolute Gasteiger partial charge is 0.416 e. The number of carbonyl (C=O) groups is 1. The maximum absolute atomic E-state index is 12.1. The number of alkyl halides is 3. The fourth-order valence-electron chi connectivity index (χ4n) is 0.827. The Kier molecular flexibility index (Phi) is 4.10. The van der Waals surface area contributed by atoms with Gasteiger partial charge in [-0.15, -0.1) is 0 Å². The second-order valence-corrected chi connectivity index (χ2v) is 2.98. The van der Waals surface area contributed by atoms with Crippen molar-refractivity contribution in [2.24, 2.45) is 5.41 Å². The number of hydrogen-bond donors (Lipinski definition) is 1. The third-order valence-electron chi connectivity index (χ3n) is 1.79. The monoisotopic (exact) mass is 225 g/mol. The lowest BCUT2D eigenvalue weighted by atomic mass is 9.85. The summed E-state index contributed by atoms with van der Waals surface area (Å²) in [5.41, 5.74) is -2.63. The second-order valence-electron chi connectivity index (χ2n) is 2.98. The molecule has 0 bridgehead atoms. The van der Waals surface area contributed by atoms with E-state index in [1.165, 1.54) is 6.92 Å². The molecule has 0 aromatic rings. The molecule has 86 valence electrons. The number of halogens is 3. The molecule has 7 heteroatoms. The number of carbonyl (C=O) groups excluding carboxylic acids is 1. The molecule has 0 amide bonds. The first-order valence-electron chi connectivity index (χ1n) is 4.03. The number of nitrogens with zero attached hydrogens (tertiary/aromatic N) is 1. The standard InChI is InChI=1S/C8H10F3NO3/c1-3-15-6(14)7(2,4-12)5(13)8(9,10)11/h5,13H,3H2,1-2H3/t5-,7+/m1/s1. The van der Waals surface area contributed by atoms with Crippen LogP contribution < -0.4 is 0 Å². The molecule has 4 nitrogen and oxygen atoms in total. The Morgan fingerprint density at radius 1 is 1.60 bits per heavy atom. The molecule has 0 aromatic heterocycles. The quantitative estimate of drug-likeness (QED) is 0.727. The van der Waals surface area contributed by atoms with E-state index in [4.69, 9.17) is 10.4 Å². The Hall–Kier alpha value is -1.29. The van der Waals surface area contributed by atoms with Crippen molar-refractivity contribution in [3.63, 3.8) is 0 Å². The van der Waals surface area contributed by atoms with Gasteiger partial charge in [-0.05, 0) is 13.8 Å². The van der Waals surface area contributed by atoms with E-state index in [0.29, 0.717) is 6.92 Å². The third kappa shape index (κ3) is 2.83. The fourth-order valence-corrected chi connectivity index (χ4v) is 0.827. The van der Waals surface area contributed by atoms with Crippen LogP contribution in [-0.4, -0.2) is 30.0 Å². The number of rotatable bonds is 3. The van der Waals surface area contributed by atoms with Crippen molar-refractivity contribution in [2.45, 2.75) is 26.1 Å². The molecule has 0 aliphatic heterocycles. The van der Waals surface area contributed by atoms with E-state index in [1.807, 2.05) is 0 Å². The molecule has 0 aliphatic rings. The lowest BCUT2D eigenvalue weighted by molar-refractivity contribution is -0.232. The Morgan fingerprint density at radius 2 is 2.07 bits per heavy atom. The maximum Gasteiger partial charge on any atom is 0.416 e. The third-order valence-corrected chi connectivity index (χ3v) is 1.79. The highest BCUT2D eigenvalue weighted by molar-refractivity contribution is 5.80. The van der Waals surface area contributed by atoms with Gasteiger partial charge in [0.25, 0.3) is 0 Å². The Labute approximate surface area is 84.3 Å². The average molecular weight is 225 g/mol. The summed E-state index contributed by atoms with van der Waals surface area (Å²) in [7, 11) is 0. The van der Waals surface area contributed by atoms with Crippen molar-refractivity contribution in [2.75, 3.05) is 6.61 Å². The molecule has 0 radical (unpaired) electrons. The van der Waals surface area contributed by atoms with Gasteiger partial charge in [0.15, 0.2) is 11.5 Å². The van der Waals surface area contributed by atoms with Crippen molar-refractivity contribution >= 4 is 5.97 Å². The molecule has 0 fully saturated rings. The van der Waals surface area contributed by atoms with E-state index in [9.17, 15) is 18.0 Å². The number of aliphatic hydroxyl groups excluding tert-OH is 1. The highest BCUT2D eigenvalue weighted by Gasteiger charge is 2.56. The van der Waals surface area contributed by atoms with E-state index in [1.54, 1.807) is 0 Å². The Bertz CT molecular complexity index is 284. The lowest BCUT2D eigenvalue weighted by Crippen LogP contribution is -2.48. The Morgan fingerprint density at radius 3 is 2.33 bits per heavy atom. The van der Waals surface area contributed by atoms with Crippen molar-refractivity contribution < 1.29 is 27.8 Å². The first-order valence-corrected chi connectivity index (χ1v) is 4.03. The number of nitriles is 1. The number of esters is 1. The van der Waals surface area contributed by atoms with Gasteiger partial charge in [-0.25, -0.2) is 0 Å². The van der Waals surface area contributed by atoms with Crippen LogP contribution in [0.5, 0.6) is 0 Å². The van der Waals surface area contributed by atoms with Crippen molar-refractivity contribution in [1.82, 2.24) is 0 Å². The van der Waals surface area contributed by atoms with E-state index < -0.39 is 23.7 Å². The number of hydrogen-bond acceptors (Lipinski definition) is 4. The molecule has 2 atom stereocenters. The van der Waals surface area contributed by atoms with E-state index in [0.717, 1.165) is 6.07 Å². The molecule has 0 aliphatic carbocycles. The van der Waals surface area contributed by atoms with Gasteiger partial charge in [-0.1, -0.05) is 0 Å². The zero-order valence-corrected chi connectivity index (χ0v) is 8.13. The summed E-state index contributed by atoms with van der Waals surface area (Å²) in [5.74, 6) is -1.39. The Balaban J connectivity index is 5.04. The minimum absolute atomic E-state index is 0.166. The van der Waals surface area contributed by atoms with Crippen LogP contribution in [0.2, 0.25) is 0 Å². The molecule has 0 heterocycles. The van der Waals surface area contributed by atoms with Crippen molar-refractivity contribution in [3.05, 3.63) is 0 Å². The summed E-state index contributed by atoms with van der Waals surface area (Å²) >= 11 is 0. The van der Waals surface area contributed by atoms with Crippen molar-refractivity contribution in [3.8, 4) is 6.07 Å². The van der Waals surface area contributed by atoms with Crippen LogP contribution in [0.4, 0.5) is 13.2 Å².